The van der Waals surface area contributed by atoms with E-state index in [0.29, 0.717) is 5.13 Å². The average Bonchev–Trinajstić information content (AvgIpc) is 2.97. The first-order valence-corrected chi connectivity index (χ1v) is 8.01. The van der Waals surface area contributed by atoms with E-state index in [1.807, 2.05) is 37.3 Å². The predicted molar refractivity (Wildman–Crippen MR) is 96.6 cm³/mol. The molecule has 7 heteroatoms. The summed E-state index contributed by atoms with van der Waals surface area (Å²) in [6.07, 6.45) is 1.60. The molecule has 3 aromatic rings. The topological polar surface area (TPSA) is 80.4 Å². The molecule has 0 atom stereocenters. The molecule has 6 nitrogen and oxygen atoms in total. The van der Waals surface area contributed by atoms with Gasteiger partial charge in [-0.2, -0.15) is 5.10 Å². The van der Waals surface area contributed by atoms with Crippen LogP contribution in [0, 0.1) is 17.0 Å². The average molecular weight is 338 g/mol. The van der Waals surface area contributed by atoms with Crippen LogP contribution in [0.25, 0.3) is 11.3 Å². The first-order valence-electron chi connectivity index (χ1n) is 7.20. The van der Waals surface area contributed by atoms with Crippen LogP contribution in [-0.4, -0.2) is 16.1 Å². The first kappa shape index (κ1) is 15.8. The highest BCUT2D eigenvalue weighted by molar-refractivity contribution is 7.15. The maximum atomic E-state index is 10.6. The monoisotopic (exact) mass is 338 g/mol. The number of non-ortho nitro benzene ring substituents is 1. The van der Waals surface area contributed by atoms with Crippen molar-refractivity contribution in [3.8, 4) is 11.3 Å². The van der Waals surface area contributed by atoms with Crippen LogP contribution in [0.1, 0.15) is 10.4 Å². The van der Waals surface area contributed by atoms with Crippen LogP contribution in [0.3, 0.4) is 0 Å². The van der Waals surface area contributed by atoms with Crippen molar-refractivity contribution in [3.05, 3.63) is 75.2 Å². The van der Waals surface area contributed by atoms with Gasteiger partial charge in [0.25, 0.3) is 5.69 Å². The number of anilines is 1. The summed E-state index contributed by atoms with van der Waals surface area (Å²) in [5, 5.41) is 15.5. The quantitative estimate of drug-likeness (QED) is 0.423. The zero-order valence-corrected chi connectivity index (χ0v) is 13.7. The van der Waals surface area contributed by atoms with Gasteiger partial charge in [-0.1, -0.05) is 30.3 Å². The van der Waals surface area contributed by atoms with Crippen molar-refractivity contribution < 1.29 is 4.92 Å². The second kappa shape index (κ2) is 7.01. The van der Waals surface area contributed by atoms with Crippen LogP contribution < -0.4 is 5.43 Å². The third-order valence-electron chi connectivity index (χ3n) is 3.32. The van der Waals surface area contributed by atoms with Crippen LogP contribution in [-0.2, 0) is 0 Å². The number of hydrogen-bond donors (Lipinski definition) is 1. The van der Waals surface area contributed by atoms with Crippen molar-refractivity contribution in [2.75, 3.05) is 5.43 Å². The Morgan fingerprint density at radius 1 is 1.17 bits per heavy atom. The molecular formula is C17H14N4O2S. The molecule has 3 rings (SSSR count). The Kier molecular flexibility index (Phi) is 4.62. The summed E-state index contributed by atoms with van der Waals surface area (Å²) < 4.78 is 0. The van der Waals surface area contributed by atoms with E-state index in [4.69, 9.17) is 0 Å². The number of nitro benzene ring substituents is 1. The summed E-state index contributed by atoms with van der Waals surface area (Å²) >= 11 is 1.53. The lowest BCUT2D eigenvalue weighted by Gasteiger charge is -1.97. The van der Waals surface area contributed by atoms with Gasteiger partial charge in [-0.15, -0.1) is 11.3 Å². The fraction of sp³-hybridized carbons (Fsp3) is 0.0588. The van der Waals surface area contributed by atoms with Gasteiger partial charge in [0.2, 0.25) is 5.13 Å². The molecular weight excluding hydrogens is 324 g/mol. The number of hydrogen-bond acceptors (Lipinski definition) is 6. The third-order valence-corrected chi connectivity index (χ3v) is 4.20. The van der Waals surface area contributed by atoms with E-state index in [1.54, 1.807) is 18.3 Å². The molecule has 2 aromatic carbocycles. The number of benzene rings is 2. The normalized spacial score (nSPS) is 10.9. The molecule has 0 unspecified atom stereocenters. The van der Waals surface area contributed by atoms with Gasteiger partial charge in [0.15, 0.2) is 0 Å². The molecule has 0 amide bonds. The lowest BCUT2D eigenvalue weighted by Crippen LogP contribution is -1.91. The standard InChI is InChI=1S/C17H14N4O2S/c1-12-16(14-5-3-2-4-6-14)19-17(24-12)20-18-11-13-7-9-15(10-8-13)21(22)23/h2-11H,1H3,(H,19,20)/b18-11+. The minimum atomic E-state index is -0.428. The first-order chi connectivity index (χ1) is 11.6. The Hall–Kier alpha value is -3.06. The minimum absolute atomic E-state index is 0.0585. The van der Waals surface area contributed by atoms with Crippen LogP contribution in [0.4, 0.5) is 10.8 Å². The fourth-order valence-corrected chi connectivity index (χ4v) is 2.94. The van der Waals surface area contributed by atoms with Crippen molar-refractivity contribution in [1.29, 1.82) is 0 Å². The summed E-state index contributed by atoms with van der Waals surface area (Å²) in [6, 6.07) is 16.2. The zero-order valence-electron chi connectivity index (χ0n) is 12.8. The number of aryl methyl sites for hydroxylation is 1. The molecule has 0 saturated carbocycles. The number of nitro groups is 1. The van der Waals surface area contributed by atoms with Gasteiger partial charge in [-0.25, -0.2) is 4.98 Å². The molecule has 24 heavy (non-hydrogen) atoms. The highest BCUT2D eigenvalue weighted by Gasteiger charge is 2.08. The highest BCUT2D eigenvalue weighted by Crippen LogP contribution is 2.30. The molecule has 0 aliphatic rings. The molecule has 1 heterocycles. The Labute approximate surface area is 142 Å². The van der Waals surface area contributed by atoms with Gasteiger partial charge in [-0.3, -0.25) is 15.5 Å². The maximum absolute atomic E-state index is 10.6. The molecule has 0 bridgehead atoms. The number of nitrogens with one attached hydrogen (secondary N) is 1. The molecule has 1 aromatic heterocycles. The van der Waals surface area contributed by atoms with Gasteiger partial charge in [0.05, 0.1) is 16.8 Å². The smallest absolute Gasteiger partial charge is 0.258 e. The van der Waals surface area contributed by atoms with Gasteiger partial charge in [0.1, 0.15) is 0 Å². The SMILES string of the molecule is Cc1sc(N/N=C/c2ccc([N+](=O)[O-])cc2)nc1-c1ccccc1. The van der Waals surface area contributed by atoms with Crippen LogP contribution in [0.15, 0.2) is 59.7 Å². The number of rotatable bonds is 5. The molecule has 120 valence electrons. The Morgan fingerprint density at radius 3 is 2.54 bits per heavy atom. The second-order valence-electron chi connectivity index (χ2n) is 5.01. The van der Waals surface area contributed by atoms with Crippen LogP contribution in [0.2, 0.25) is 0 Å². The summed E-state index contributed by atoms with van der Waals surface area (Å²) in [6.45, 7) is 2.02. The predicted octanol–water partition coefficient (Wildman–Crippen LogP) is 4.47. The summed E-state index contributed by atoms with van der Waals surface area (Å²) in [5.74, 6) is 0. The highest BCUT2D eigenvalue weighted by atomic mass is 32.1. The Balaban J connectivity index is 1.70. The lowest BCUT2D eigenvalue weighted by molar-refractivity contribution is -0.384. The fourth-order valence-electron chi connectivity index (χ4n) is 2.15. The molecule has 0 fully saturated rings. The molecule has 0 saturated heterocycles. The number of aromatic nitrogens is 1. The molecule has 0 aliphatic heterocycles. The summed E-state index contributed by atoms with van der Waals surface area (Å²) in [7, 11) is 0. The summed E-state index contributed by atoms with van der Waals surface area (Å²) in [4.78, 5) is 15.8. The van der Waals surface area contributed by atoms with E-state index in [9.17, 15) is 10.1 Å². The zero-order chi connectivity index (χ0) is 16.9. The lowest BCUT2D eigenvalue weighted by atomic mass is 10.1. The van der Waals surface area contributed by atoms with E-state index >= 15 is 0 Å². The van der Waals surface area contributed by atoms with E-state index in [1.165, 1.54) is 23.5 Å². The Bertz CT molecular complexity index is 873. The molecule has 0 radical (unpaired) electrons. The van der Waals surface area contributed by atoms with Crippen molar-refractivity contribution >= 4 is 28.4 Å². The maximum Gasteiger partial charge on any atom is 0.269 e. The van der Waals surface area contributed by atoms with Gasteiger partial charge >= 0.3 is 0 Å². The van der Waals surface area contributed by atoms with Crippen molar-refractivity contribution in [2.24, 2.45) is 5.10 Å². The van der Waals surface area contributed by atoms with E-state index in [2.05, 4.69) is 15.5 Å². The minimum Gasteiger partial charge on any atom is -0.258 e. The molecule has 0 aliphatic carbocycles. The molecule has 0 spiro atoms. The largest absolute Gasteiger partial charge is 0.269 e. The van der Waals surface area contributed by atoms with E-state index in [0.717, 1.165) is 21.7 Å². The third kappa shape index (κ3) is 3.64. The van der Waals surface area contributed by atoms with Crippen molar-refractivity contribution in [3.63, 3.8) is 0 Å². The van der Waals surface area contributed by atoms with Crippen LogP contribution >= 0.6 is 11.3 Å². The Morgan fingerprint density at radius 2 is 1.88 bits per heavy atom. The summed E-state index contributed by atoms with van der Waals surface area (Å²) in [5.41, 5.74) is 5.74. The van der Waals surface area contributed by atoms with Crippen LogP contribution in [0.5, 0.6) is 0 Å². The van der Waals surface area contributed by atoms with Gasteiger partial charge in [0, 0.05) is 22.6 Å². The number of hydrazone groups is 1. The van der Waals surface area contributed by atoms with Gasteiger partial charge < -0.3 is 0 Å². The number of nitrogens with zero attached hydrogens (tertiary/aromatic N) is 3. The van der Waals surface area contributed by atoms with Crippen molar-refractivity contribution in [2.45, 2.75) is 6.92 Å². The number of thiazole rings is 1. The van der Waals surface area contributed by atoms with E-state index < -0.39 is 4.92 Å². The van der Waals surface area contributed by atoms with Gasteiger partial charge in [-0.05, 0) is 24.6 Å². The van der Waals surface area contributed by atoms with Crippen molar-refractivity contribution in [1.82, 2.24) is 4.98 Å². The van der Waals surface area contributed by atoms with E-state index in [-0.39, 0.29) is 5.69 Å². The molecule has 1 N–H and O–H groups in total. The second-order valence-corrected chi connectivity index (χ2v) is 6.21.